The molecule has 0 saturated heterocycles. The molecule has 0 bridgehead atoms. The maximum absolute atomic E-state index is 12.6. The highest BCUT2D eigenvalue weighted by molar-refractivity contribution is 5.69. The van der Waals surface area contributed by atoms with E-state index in [1.54, 1.807) is 0 Å². The Morgan fingerprint density at radius 1 is 0.442 bits per heavy atom. The van der Waals surface area contributed by atoms with Gasteiger partial charge < -0.3 is 9.84 Å². The Morgan fingerprint density at radius 2 is 0.827 bits per heavy atom. The van der Waals surface area contributed by atoms with Crippen molar-refractivity contribution in [2.24, 2.45) is 0 Å². The molecule has 1 atom stereocenters. The number of esters is 1. The van der Waals surface area contributed by atoms with E-state index in [0.29, 0.717) is 19.3 Å². The molecule has 52 heavy (non-hydrogen) atoms. The van der Waals surface area contributed by atoms with Gasteiger partial charge in [-0.15, -0.1) is 0 Å². The minimum atomic E-state index is -0.780. The molecule has 1 N–H and O–H groups in total. The SMILES string of the molecule is CC/C=C\C/C=C\C/C=C\C/C=C\C/C=C\C/C=C\CCCCC(=O)OC(CCCCCCCCCCCCCCCCCCC)CCCC(=O)O. The van der Waals surface area contributed by atoms with E-state index in [2.05, 4.69) is 86.8 Å². The summed E-state index contributed by atoms with van der Waals surface area (Å²) in [6.45, 7) is 4.44. The van der Waals surface area contributed by atoms with Crippen molar-refractivity contribution in [1.29, 1.82) is 0 Å². The third kappa shape index (κ3) is 41.8. The molecule has 0 spiro atoms. The van der Waals surface area contributed by atoms with Crippen LogP contribution >= 0.6 is 0 Å². The van der Waals surface area contributed by atoms with E-state index in [1.165, 1.54) is 96.3 Å². The lowest BCUT2D eigenvalue weighted by Crippen LogP contribution is -2.18. The van der Waals surface area contributed by atoms with Crippen molar-refractivity contribution >= 4 is 11.9 Å². The Labute approximate surface area is 322 Å². The Morgan fingerprint density at radius 3 is 1.25 bits per heavy atom. The number of carbonyl (C=O) groups is 2. The number of rotatable bonds is 39. The zero-order chi connectivity index (χ0) is 37.8. The third-order valence-corrected chi connectivity index (χ3v) is 9.44. The number of carboxylic acids is 1. The number of carboxylic acid groups (broad SMARTS) is 1. The monoisotopic (exact) mass is 723 g/mol. The lowest BCUT2D eigenvalue weighted by atomic mass is 10.0. The molecule has 4 nitrogen and oxygen atoms in total. The second-order valence-corrected chi connectivity index (χ2v) is 14.5. The van der Waals surface area contributed by atoms with Crippen molar-refractivity contribution in [3.05, 3.63) is 72.9 Å². The fraction of sp³-hybridized carbons (Fsp3) is 0.708. The topological polar surface area (TPSA) is 63.6 Å². The van der Waals surface area contributed by atoms with Crippen molar-refractivity contribution in [1.82, 2.24) is 0 Å². The fourth-order valence-corrected chi connectivity index (χ4v) is 6.26. The molecule has 0 aliphatic rings. The number of hydrogen-bond acceptors (Lipinski definition) is 3. The second kappa shape index (κ2) is 42.8. The molecule has 0 aromatic heterocycles. The van der Waals surface area contributed by atoms with Gasteiger partial charge in [-0.05, 0) is 83.5 Å². The summed E-state index contributed by atoms with van der Waals surface area (Å²) in [5.41, 5.74) is 0. The van der Waals surface area contributed by atoms with E-state index < -0.39 is 5.97 Å². The molecule has 0 rings (SSSR count). The first-order valence-electron chi connectivity index (χ1n) is 21.9. The largest absolute Gasteiger partial charge is 0.481 e. The molecule has 298 valence electrons. The van der Waals surface area contributed by atoms with E-state index in [9.17, 15) is 9.59 Å². The van der Waals surface area contributed by atoms with E-state index in [1.807, 2.05) is 0 Å². The van der Waals surface area contributed by atoms with Crippen LogP contribution in [-0.4, -0.2) is 23.1 Å². The quantitative estimate of drug-likeness (QED) is 0.0390. The van der Waals surface area contributed by atoms with Crippen LogP contribution in [0, 0.1) is 0 Å². The molecular weight excluding hydrogens is 641 g/mol. The molecule has 0 aromatic carbocycles. The van der Waals surface area contributed by atoms with Crippen molar-refractivity contribution in [3.8, 4) is 0 Å². The maximum atomic E-state index is 12.6. The van der Waals surface area contributed by atoms with Crippen molar-refractivity contribution < 1.29 is 19.4 Å². The van der Waals surface area contributed by atoms with Gasteiger partial charge in [-0.25, -0.2) is 0 Å². The van der Waals surface area contributed by atoms with Crippen LogP contribution in [0.4, 0.5) is 0 Å². The molecule has 0 aliphatic heterocycles. The van der Waals surface area contributed by atoms with Crippen molar-refractivity contribution in [2.45, 2.75) is 219 Å². The number of unbranched alkanes of at least 4 members (excludes halogenated alkanes) is 18. The molecule has 4 heteroatoms. The molecular formula is C48H82O4. The van der Waals surface area contributed by atoms with Crippen LogP contribution in [0.2, 0.25) is 0 Å². The highest BCUT2D eigenvalue weighted by atomic mass is 16.5. The van der Waals surface area contributed by atoms with Crippen LogP contribution < -0.4 is 0 Å². The zero-order valence-electron chi connectivity index (χ0n) is 34.1. The lowest BCUT2D eigenvalue weighted by Gasteiger charge is -2.18. The summed E-state index contributed by atoms with van der Waals surface area (Å²) in [5, 5.41) is 9.05. The van der Waals surface area contributed by atoms with Gasteiger partial charge in [0.15, 0.2) is 0 Å². The Kier molecular flexibility index (Phi) is 40.6. The average molecular weight is 723 g/mol. The molecule has 1 unspecified atom stereocenters. The number of hydrogen-bond donors (Lipinski definition) is 1. The molecule has 0 radical (unpaired) electrons. The summed E-state index contributed by atoms with van der Waals surface area (Å²) in [6, 6.07) is 0. The predicted octanol–water partition coefficient (Wildman–Crippen LogP) is 15.5. The zero-order valence-corrected chi connectivity index (χ0v) is 34.1. The molecule has 0 aromatic rings. The Hall–Kier alpha value is -2.62. The minimum absolute atomic E-state index is 0.130. The van der Waals surface area contributed by atoms with Gasteiger partial charge in [0.05, 0.1) is 0 Å². The van der Waals surface area contributed by atoms with Gasteiger partial charge in [0.2, 0.25) is 0 Å². The molecule has 0 fully saturated rings. The standard InChI is InChI=1S/C48H82O4/c1-3-5-7-9-11-13-15-17-19-21-22-23-24-26-28-30-32-34-36-38-40-45-48(51)52-46(43-41-44-47(49)50)42-39-37-35-33-31-29-27-25-20-18-16-14-12-10-8-6-4-2/h5,7,11,13,17,19,22-23,26,28,32,34,46H,3-4,6,8-10,12,14-16,18,20-21,24-25,27,29-31,33,35-45H2,1-2H3,(H,49,50)/b7-5-,13-11-,19-17-,23-22-,28-26-,34-32-. The molecule has 0 aliphatic carbocycles. The number of aliphatic carboxylic acids is 1. The average Bonchev–Trinajstić information content (AvgIpc) is 3.13. The summed E-state index contributed by atoms with van der Waals surface area (Å²) >= 11 is 0. The van der Waals surface area contributed by atoms with E-state index in [0.717, 1.165) is 77.0 Å². The van der Waals surface area contributed by atoms with Gasteiger partial charge in [0.1, 0.15) is 6.10 Å². The predicted molar refractivity (Wildman–Crippen MR) is 227 cm³/mol. The van der Waals surface area contributed by atoms with E-state index in [4.69, 9.17) is 9.84 Å². The summed E-state index contributed by atoms with van der Waals surface area (Å²) < 4.78 is 5.83. The minimum Gasteiger partial charge on any atom is -0.481 e. The highest BCUT2D eigenvalue weighted by Gasteiger charge is 2.15. The highest BCUT2D eigenvalue weighted by Crippen LogP contribution is 2.18. The maximum Gasteiger partial charge on any atom is 0.306 e. The van der Waals surface area contributed by atoms with Crippen LogP contribution in [0.3, 0.4) is 0 Å². The first-order valence-corrected chi connectivity index (χ1v) is 21.9. The van der Waals surface area contributed by atoms with Crippen LogP contribution in [0.5, 0.6) is 0 Å². The molecule has 0 amide bonds. The van der Waals surface area contributed by atoms with Crippen molar-refractivity contribution in [2.75, 3.05) is 0 Å². The number of ether oxygens (including phenoxy) is 1. The van der Waals surface area contributed by atoms with Gasteiger partial charge in [-0.1, -0.05) is 189 Å². The van der Waals surface area contributed by atoms with Gasteiger partial charge >= 0.3 is 11.9 Å². The van der Waals surface area contributed by atoms with Gasteiger partial charge in [0.25, 0.3) is 0 Å². The smallest absolute Gasteiger partial charge is 0.306 e. The fourth-order valence-electron chi connectivity index (χ4n) is 6.26. The summed E-state index contributed by atoms with van der Waals surface area (Å²) in [5.74, 6) is -0.910. The first kappa shape index (κ1) is 49.4. The second-order valence-electron chi connectivity index (χ2n) is 14.5. The van der Waals surface area contributed by atoms with Gasteiger partial charge in [-0.3, -0.25) is 9.59 Å². The van der Waals surface area contributed by atoms with E-state index in [-0.39, 0.29) is 18.5 Å². The van der Waals surface area contributed by atoms with Gasteiger partial charge in [-0.2, -0.15) is 0 Å². The Balaban J connectivity index is 3.90. The van der Waals surface area contributed by atoms with Crippen LogP contribution in [0.1, 0.15) is 213 Å². The number of carbonyl (C=O) groups excluding carboxylic acids is 1. The van der Waals surface area contributed by atoms with E-state index >= 15 is 0 Å². The summed E-state index contributed by atoms with van der Waals surface area (Å²) in [7, 11) is 0. The normalized spacial score (nSPS) is 13.0. The van der Waals surface area contributed by atoms with Crippen LogP contribution in [0.15, 0.2) is 72.9 Å². The summed E-state index contributed by atoms with van der Waals surface area (Å²) in [6.07, 6.45) is 60.7. The van der Waals surface area contributed by atoms with Crippen molar-refractivity contribution in [3.63, 3.8) is 0 Å². The Bertz CT molecular complexity index is 953. The first-order chi connectivity index (χ1) is 25.6. The third-order valence-electron chi connectivity index (χ3n) is 9.44. The summed E-state index contributed by atoms with van der Waals surface area (Å²) in [4.78, 5) is 23.6. The molecule has 0 heterocycles. The van der Waals surface area contributed by atoms with Crippen LogP contribution in [-0.2, 0) is 14.3 Å². The van der Waals surface area contributed by atoms with Gasteiger partial charge in [0, 0.05) is 12.8 Å². The lowest BCUT2D eigenvalue weighted by molar-refractivity contribution is -0.150. The number of allylic oxidation sites excluding steroid dienone is 12. The van der Waals surface area contributed by atoms with Crippen LogP contribution in [0.25, 0.3) is 0 Å². The molecule has 0 saturated carbocycles.